The first-order chi connectivity index (χ1) is 10.6. The summed E-state index contributed by atoms with van der Waals surface area (Å²) in [4.78, 5) is 23.9. The lowest BCUT2D eigenvalue weighted by molar-refractivity contribution is -0.139. The molecule has 3 aliphatic rings. The van der Waals surface area contributed by atoms with E-state index in [9.17, 15) is 9.59 Å². The zero-order valence-electron chi connectivity index (χ0n) is 13.5. The van der Waals surface area contributed by atoms with Crippen molar-refractivity contribution in [2.45, 2.75) is 82.6 Å². The summed E-state index contributed by atoms with van der Waals surface area (Å²) in [5, 5.41) is 12.3. The van der Waals surface area contributed by atoms with E-state index in [1.165, 1.54) is 32.1 Å². The van der Waals surface area contributed by atoms with Crippen molar-refractivity contribution in [3.05, 3.63) is 0 Å². The van der Waals surface area contributed by atoms with Crippen molar-refractivity contribution >= 4 is 11.9 Å². The normalized spacial score (nSPS) is 33.9. The molecule has 3 rings (SSSR count). The Kier molecular flexibility index (Phi) is 4.74. The van der Waals surface area contributed by atoms with Crippen molar-refractivity contribution in [3.63, 3.8) is 0 Å². The summed E-state index contributed by atoms with van der Waals surface area (Å²) < 4.78 is 0. The molecule has 3 unspecified atom stereocenters. The molecule has 4 nitrogen and oxygen atoms in total. The quantitative estimate of drug-likeness (QED) is 0.835. The predicted octanol–water partition coefficient (Wildman–Crippen LogP) is 3.50. The minimum absolute atomic E-state index is 0.0809. The van der Waals surface area contributed by atoms with Crippen LogP contribution in [0.1, 0.15) is 77.0 Å². The van der Waals surface area contributed by atoms with Gasteiger partial charge < -0.3 is 10.4 Å². The van der Waals surface area contributed by atoms with Crippen LogP contribution in [0.3, 0.4) is 0 Å². The smallest absolute Gasteiger partial charge is 0.305 e. The standard InChI is InChI=1S/C18H29NO3/c20-16(21)12-18(9-3-4-10-18)19-17(22)15-8-7-13-5-1-2-6-14(13)11-15/h13-15H,1-12H2,(H,19,22)(H,20,21). The summed E-state index contributed by atoms with van der Waals surface area (Å²) in [6.07, 6.45) is 12.3. The van der Waals surface area contributed by atoms with Gasteiger partial charge >= 0.3 is 5.97 Å². The number of carbonyl (C=O) groups is 2. The molecule has 0 spiro atoms. The Labute approximate surface area is 133 Å². The number of hydrogen-bond donors (Lipinski definition) is 2. The maximum Gasteiger partial charge on any atom is 0.305 e. The van der Waals surface area contributed by atoms with E-state index in [2.05, 4.69) is 5.32 Å². The first kappa shape index (κ1) is 15.8. The lowest BCUT2D eigenvalue weighted by Gasteiger charge is -2.40. The highest BCUT2D eigenvalue weighted by Gasteiger charge is 2.41. The number of carboxylic acids is 1. The van der Waals surface area contributed by atoms with Gasteiger partial charge in [0.05, 0.1) is 12.0 Å². The van der Waals surface area contributed by atoms with Crippen molar-refractivity contribution in [1.29, 1.82) is 0 Å². The van der Waals surface area contributed by atoms with Gasteiger partial charge in [0.15, 0.2) is 0 Å². The highest BCUT2D eigenvalue weighted by atomic mass is 16.4. The van der Waals surface area contributed by atoms with Crippen LogP contribution in [-0.2, 0) is 9.59 Å². The van der Waals surface area contributed by atoms with Gasteiger partial charge in [-0.3, -0.25) is 9.59 Å². The van der Waals surface area contributed by atoms with Crippen LogP contribution < -0.4 is 5.32 Å². The Morgan fingerprint density at radius 3 is 2.32 bits per heavy atom. The molecule has 0 bridgehead atoms. The second-order valence-corrected chi connectivity index (χ2v) is 7.86. The van der Waals surface area contributed by atoms with Gasteiger partial charge in [-0.2, -0.15) is 0 Å². The molecule has 3 aliphatic carbocycles. The number of amides is 1. The van der Waals surface area contributed by atoms with Gasteiger partial charge in [0.1, 0.15) is 0 Å². The van der Waals surface area contributed by atoms with Gasteiger partial charge in [0, 0.05) is 5.92 Å². The van der Waals surface area contributed by atoms with Crippen LogP contribution in [0.15, 0.2) is 0 Å². The fourth-order valence-corrected chi connectivity index (χ4v) is 5.16. The Morgan fingerprint density at radius 2 is 1.64 bits per heavy atom. The molecular formula is C18H29NO3. The van der Waals surface area contributed by atoms with Crippen LogP contribution in [0.4, 0.5) is 0 Å². The first-order valence-electron chi connectivity index (χ1n) is 9.12. The molecule has 0 aromatic carbocycles. The highest BCUT2D eigenvalue weighted by molar-refractivity contribution is 5.80. The molecule has 0 aromatic heterocycles. The molecule has 0 radical (unpaired) electrons. The SMILES string of the molecule is O=C(O)CC1(NC(=O)C2CCC3CCCCC3C2)CCCC1. The van der Waals surface area contributed by atoms with Crippen LogP contribution in [0.25, 0.3) is 0 Å². The maximum atomic E-state index is 12.7. The minimum atomic E-state index is -0.793. The monoisotopic (exact) mass is 307 g/mol. The van der Waals surface area contributed by atoms with Crippen molar-refractivity contribution in [2.75, 3.05) is 0 Å². The third-order valence-electron chi connectivity index (χ3n) is 6.35. The predicted molar refractivity (Wildman–Crippen MR) is 84.4 cm³/mol. The topological polar surface area (TPSA) is 66.4 Å². The van der Waals surface area contributed by atoms with E-state index in [0.29, 0.717) is 0 Å². The van der Waals surface area contributed by atoms with E-state index >= 15 is 0 Å². The van der Waals surface area contributed by atoms with Crippen molar-refractivity contribution < 1.29 is 14.7 Å². The molecule has 3 fully saturated rings. The second kappa shape index (κ2) is 6.59. The Morgan fingerprint density at radius 1 is 0.955 bits per heavy atom. The lowest BCUT2D eigenvalue weighted by Crippen LogP contribution is -2.50. The van der Waals surface area contributed by atoms with E-state index in [1.807, 2.05) is 0 Å². The van der Waals surface area contributed by atoms with Crippen molar-refractivity contribution in [2.24, 2.45) is 17.8 Å². The summed E-state index contributed by atoms with van der Waals surface area (Å²) in [6, 6.07) is 0. The van der Waals surface area contributed by atoms with Gasteiger partial charge in [0.25, 0.3) is 0 Å². The summed E-state index contributed by atoms with van der Waals surface area (Å²) in [7, 11) is 0. The van der Waals surface area contributed by atoms with Crippen LogP contribution in [0.2, 0.25) is 0 Å². The zero-order chi connectivity index (χ0) is 15.6. The Hall–Kier alpha value is -1.06. The molecule has 3 saturated carbocycles. The fraction of sp³-hybridized carbons (Fsp3) is 0.889. The molecular weight excluding hydrogens is 278 g/mol. The van der Waals surface area contributed by atoms with Gasteiger partial charge in [-0.1, -0.05) is 38.5 Å². The van der Waals surface area contributed by atoms with Crippen molar-refractivity contribution in [3.8, 4) is 0 Å². The number of carboxylic acid groups (broad SMARTS) is 1. The van der Waals surface area contributed by atoms with Crippen LogP contribution in [0, 0.1) is 17.8 Å². The van der Waals surface area contributed by atoms with Crippen LogP contribution in [-0.4, -0.2) is 22.5 Å². The Bertz CT molecular complexity index is 428. The average molecular weight is 307 g/mol. The maximum absolute atomic E-state index is 12.7. The molecule has 2 N–H and O–H groups in total. The van der Waals surface area contributed by atoms with Crippen molar-refractivity contribution in [1.82, 2.24) is 5.32 Å². The van der Waals surface area contributed by atoms with E-state index in [-0.39, 0.29) is 18.2 Å². The molecule has 3 atom stereocenters. The highest BCUT2D eigenvalue weighted by Crippen LogP contribution is 2.43. The molecule has 0 aliphatic heterocycles. The molecule has 124 valence electrons. The first-order valence-corrected chi connectivity index (χ1v) is 9.12. The summed E-state index contributed by atoms with van der Waals surface area (Å²) in [6.45, 7) is 0. The van der Waals surface area contributed by atoms with E-state index in [0.717, 1.165) is 50.4 Å². The zero-order valence-corrected chi connectivity index (χ0v) is 13.5. The average Bonchev–Trinajstić information content (AvgIpc) is 2.94. The molecule has 0 heterocycles. The second-order valence-electron chi connectivity index (χ2n) is 7.86. The van der Waals surface area contributed by atoms with Gasteiger partial charge in [-0.25, -0.2) is 0 Å². The molecule has 0 saturated heterocycles. The lowest BCUT2D eigenvalue weighted by atomic mass is 9.67. The number of rotatable bonds is 4. The third kappa shape index (κ3) is 3.47. The Balaban J connectivity index is 1.60. The van der Waals surface area contributed by atoms with Crippen LogP contribution >= 0.6 is 0 Å². The number of hydrogen-bond acceptors (Lipinski definition) is 2. The fourth-order valence-electron chi connectivity index (χ4n) is 5.16. The van der Waals surface area contributed by atoms with Crippen LogP contribution in [0.5, 0.6) is 0 Å². The third-order valence-corrected chi connectivity index (χ3v) is 6.35. The number of carbonyl (C=O) groups excluding carboxylic acids is 1. The van der Waals surface area contributed by atoms with Gasteiger partial charge in [-0.05, 0) is 43.9 Å². The number of aliphatic carboxylic acids is 1. The summed E-state index contributed by atoms with van der Waals surface area (Å²) in [5.74, 6) is 1.03. The summed E-state index contributed by atoms with van der Waals surface area (Å²) >= 11 is 0. The largest absolute Gasteiger partial charge is 0.481 e. The molecule has 1 amide bonds. The molecule has 4 heteroatoms. The van der Waals surface area contributed by atoms with Gasteiger partial charge in [-0.15, -0.1) is 0 Å². The van der Waals surface area contributed by atoms with Gasteiger partial charge in [0.2, 0.25) is 5.91 Å². The van der Waals surface area contributed by atoms with E-state index in [4.69, 9.17) is 5.11 Å². The minimum Gasteiger partial charge on any atom is -0.481 e. The molecule has 22 heavy (non-hydrogen) atoms. The van der Waals surface area contributed by atoms with E-state index in [1.54, 1.807) is 0 Å². The number of nitrogens with one attached hydrogen (secondary N) is 1. The van der Waals surface area contributed by atoms with E-state index < -0.39 is 11.5 Å². The number of fused-ring (bicyclic) bond motifs is 1. The summed E-state index contributed by atoms with van der Waals surface area (Å²) in [5.41, 5.74) is -0.466. The molecule has 0 aromatic rings.